The van der Waals surface area contributed by atoms with Crippen molar-refractivity contribution >= 4 is 0 Å². The van der Waals surface area contributed by atoms with Crippen LogP contribution in [0.5, 0.6) is 0 Å². The Bertz CT molecular complexity index is 108. The first-order valence-electron chi connectivity index (χ1n) is 4.48. The SMILES string of the molecule is CC(C)N(C)CC1CCOC1. The van der Waals surface area contributed by atoms with Gasteiger partial charge in [-0.3, -0.25) is 0 Å². The largest absolute Gasteiger partial charge is 0.381 e. The molecule has 1 fully saturated rings. The molecule has 1 saturated heterocycles. The highest BCUT2D eigenvalue weighted by atomic mass is 16.5. The summed E-state index contributed by atoms with van der Waals surface area (Å²) in [6, 6.07) is 0.663. The molecule has 1 aliphatic heterocycles. The van der Waals surface area contributed by atoms with E-state index in [0.717, 1.165) is 19.1 Å². The van der Waals surface area contributed by atoms with Gasteiger partial charge in [-0.1, -0.05) is 0 Å². The zero-order chi connectivity index (χ0) is 8.27. The van der Waals surface area contributed by atoms with Crippen molar-refractivity contribution in [3.63, 3.8) is 0 Å². The maximum Gasteiger partial charge on any atom is 0.0507 e. The molecule has 0 aromatic heterocycles. The molecule has 0 aromatic rings. The predicted molar refractivity (Wildman–Crippen MR) is 46.7 cm³/mol. The molecule has 1 aliphatic rings. The molecule has 11 heavy (non-hydrogen) atoms. The first-order valence-corrected chi connectivity index (χ1v) is 4.48. The molecule has 1 rings (SSSR count). The van der Waals surface area contributed by atoms with Crippen LogP contribution in [-0.2, 0) is 4.74 Å². The number of hydrogen-bond donors (Lipinski definition) is 0. The van der Waals surface area contributed by atoms with Crippen LogP contribution in [0.3, 0.4) is 0 Å². The number of rotatable bonds is 3. The second kappa shape index (κ2) is 4.07. The molecular weight excluding hydrogens is 138 g/mol. The second-order valence-corrected chi connectivity index (χ2v) is 3.76. The quantitative estimate of drug-likeness (QED) is 0.613. The van der Waals surface area contributed by atoms with Crippen molar-refractivity contribution < 1.29 is 4.74 Å². The van der Waals surface area contributed by atoms with Crippen LogP contribution in [0.15, 0.2) is 0 Å². The Kier molecular flexibility index (Phi) is 3.34. The number of nitrogens with zero attached hydrogens (tertiary/aromatic N) is 1. The zero-order valence-electron chi connectivity index (χ0n) is 7.84. The molecule has 0 aliphatic carbocycles. The third-order valence-corrected chi connectivity index (χ3v) is 2.45. The lowest BCUT2D eigenvalue weighted by molar-refractivity contribution is 0.166. The molecule has 66 valence electrons. The monoisotopic (exact) mass is 157 g/mol. The molecule has 1 atom stereocenters. The van der Waals surface area contributed by atoms with Gasteiger partial charge in [0, 0.05) is 19.2 Å². The van der Waals surface area contributed by atoms with Crippen LogP contribution in [0.1, 0.15) is 20.3 Å². The van der Waals surface area contributed by atoms with Gasteiger partial charge in [0.1, 0.15) is 0 Å². The maximum atomic E-state index is 5.31. The van der Waals surface area contributed by atoms with E-state index in [1.807, 2.05) is 0 Å². The van der Waals surface area contributed by atoms with Gasteiger partial charge in [-0.2, -0.15) is 0 Å². The number of ether oxygens (including phenoxy) is 1. The van der Waals surface area contributed by atoms with Crippen molar-refractivity contribution in [3.8, 4) is 0 Å². The van der Waals surface area contributed by atoms with E-state index in [2.05, 4.69) is 25.8 Å². The van der Waals surface area contributed by atoms with Gasteiger partial charge < -0.3 is 9.64 Å². The highest BCUT2D eigenvalue weighted by molar-refractivity contribution is 4.69. The van der Waals surface area contributed by atoms with Gasteiger partial charge in [-0.15, -0.1) is 0 Å². The summed E-state index contributed by atoms with van der Waals surface area (Å²) < 4.78 is 5.31. The average molecular weight is 157 g/mol. The molecule has 0 amide bonds. The van der Waals surface area contributed by atoms with Crippen LogP contribution >= 0.6 is 0 Å². The van der Waals surface area contributed by atoms with Crippen molar-refractivity contribution in [2.75, 3.05) is 26.8 Å². The van der Waals surface area contributed by atoms with Gasteiger partial charge in [0.2, 0.25) is 0 Å². The van der Waals surface area contributed by atoms with Crippen LogP contribution in [0.25, 0.3) is 0 Å². The molecule has 0 spiro atoms. The summed E-state index contributed by atoms with van der Waals surface area (Å²) in [6.07, 6.45) is 1.25. The first kappa shape index (κ1) is 9.01. The van der Waals surface area contributed by atoms with E-state index in [-0.39, 0.29) is 0 Å². The van der Waals surface area contributed by atoms with Gasteiger partial charge in [-0.05, 0) is 33.2 Å². The van der Waals surface area contributed by atoms with E-state index < -0.39 is 0 Å². The Balaban J connectivity index is 2.18. The minimum atomic E-state index is 0.663. The third-order valence-electron chi connectivity index (χ3n) is 2.45. The van der Waals surface area contributed by atoms with Gasteiger partial charge in [0.15, 0.2) is 0 Å². The summed E-state index contributed by atoms with van der Waals surface area (Å²) in [5.41, 5.74) is 0. The Morgan fingerprint density at radius 3 is 2.73 bits per heavy atom. The minimum absolute atomic E-state index is 0.663. The lowest BCUT2D eigenvalue weighted by Crippen LogP contribution is -2.31. The van der Waals surface area contributed by atoms with E-state index in [0.29, 0.717) is 6.04 Å². The van der Waals surface area contributed by atoms with Crippen LogP contribution in [0, 0.1) is 5.92 Å². The van der Waals surface area contributed by atoms with Crippen LogP contribution in [-0.4, -0.2) is 37.7 Å². The van der Waals surface area contributed by atoms with E-state index in [4.69, 9.17) is 4.74 Å². The van der Waals surface area contributed by atoms with Crippen molar-refractivity contribution in [3.05, 3.63) is 0 Å². The standard InChI is InChI=1S/C9H19NO/c1-8(2)10(3)6-9-4-5-11-7-9/h8-9H,4-7H2,1-3H3. The molecule has 0 radical (unpaired) electrons. The van der Waals surface area contributed by atoms with Crippen molar-refractivity contribution in [2.24, 2.45) is 5.92 Å². The highest BCUT2D eigenvalue weighted by Gasteiger charge is 2.17. The van der Waals surface area contributed by atoms with Crippen LogP contribution in [0.4, 0.5) is 0 Å². The Hall–Kier alpha value is -0.0800. The molecule has 2 nitrogen and oxygen atoms in total. The first-order chi connectivity index (χ1) is 5.20. The fourth-order valence-corrected chi connectivity index (χ4v) is 1.35. The molecular formula is C9H19NO. The Labute approximate surface area is 69.5 Å². The molecule has 0 aromatic carbocycles. The van der Waals surface area contributed by atoms with Crippen molar-refractivity contribution in [2.45, 2.75) is 26.3 Å². The van der Waals surface area contributed by atoms with Crippen LogP contribution < -0.4 is 0 Å². The summed E-state index contributed by atoms with van der Waals surface area (Å²) >= 11 is 0. The lowest BCUT2D eigenvalue weighted by Gasteiger charge is -2.23. The predicted octanol–water partition coefficient (Wildman–Crippen LogP) is 1.36. The fraction of sp³-hybridized carbons (Fsp3) is 1.00. The van der Waals surface area contributed by atoms with E-state index in [9.17, 15) is 0 Å². The lowest BCUT2D eigenvalue weighted by atomic mass is 10.1. The summed E-state index contributed by atoms with van der Waals surface area (Å²) in [6.45, 7) is 7.59. The van der Waals surface area contributed by atoms with Gasteiger partial charge in [0.25, 0.3) is 0 Å². The second-order valence-electron chi connectivity index (χ2n) is 3.76. The van der Waals surface area contributed by atoms with E-state index in [1.54, 1.807) is 0 Å². The average Bonchev–Trinajstić information content (AvgIpc) is 2.39. The van der Waals surface area contributed by atoms with Crippen molar-refractivity contribution in [1.82, 2.24) is 4.90 Å². The normalized spacial score (nSPS) is 25.4. The van der Waals surface area contributed by atoms with Gasteiger partial charge in [-0.25, -0.2) is 0 Å². The summed E-state index contributed by atoms with van der Waals surface area (Å²) in [5.74, 6) is 0.780. The van der Waals surface area contributed by atoms with Crippen LogP contribution in [0.2, 0.25) is 0 Å². The summed E-state index contributed by atoms with van der Waals surface area (Å²) in [5, 5.41) is 0. The summed E-state index contributed by atoms with van der Waals surface area (Å²) in [4.78, 5) is 2.39. The fourth-order valence-electron chi connectivity index (χ4n) is 1.35. The molecule has 0 saturated carbocycles. The smallest absolute Gasteiger partial charge is 0.0507 e. The Morgan fingerprint density at radius 2 is 2.27 bits per heavy atom. The molecule has 1 unspecified atom stereocenters. The minimum Gasteiger partial charge on any atom is -0.381 e. The van der Waals surface area contributed by atoms with Gasteiger partial charge >= 0.3 is 0 Å². The molecule has 1 heterocycles. The highest BCUT2D eigenvalue weighted by Crippen LogP contribution is 2.13. The number of hydrogen-bond acceptors (Lipinski definition) is 2. The van der Waals surface area contributed by atoms with E-state index >= 15 is 0 Å². The maximum absolute atomic E-state index is 5.31. The topological polar surface area (TPSA) is 12.5 Å². The van der Waals surface area contributed by atoms with Gasteiger partial charge in [0.05, 0.1) is 6.61 Å². The third kappa shape index (κ3) is 2.80. The summed E-state index contributed by atoms with van der Waals surface area (Å²) in [7, 11) is 2.18. The zero-order valence-corrected chi connectivity index (χ0v) is 7.84. The van der Waals surface area contributed by atoms with E-state index in [1.165, 1.54) is 13.0 Å². The molecule has 0 bridgehead atoms. The Morgan fingerprint density at radius 1 is 1.55 bits per heavy atom. The molecule has 0 N–H and O–H groups in total. The molecule has 2 heteroatoms. The van der Waals surface area contributed by atoms with Crippen molar-refractivity contribution in [1.29, 1.82) is 0 Å².